The van der Waals surface area contributed by atoms with Crippen molar-refractivity contribution >= 4 is 28.8 Å². The second kappa shape index (κ2) is 7.95. The molecular weight excluding hydrogens is 362 g/mol. The second-order valence-corrected chi connectivity index (χ2v) is 7.59. The Hall–Kier alpha value is -3.34. The van der Waals surface area contributed by atoms with Crippen LogP contribution >= 0.6 is 0 Å². The van der Waals surface area contributed by atoms with E-state index in [0.29, 0.717) is 11.3 Å². The normalized spacial score (nSPS) is 14.4. The number of amides is 2. The van der Waals surface area contributed by atoms with E-state index in [-0.39, 0.29) is 11.8 Å². The SMILES string of the molecule is Cc1ccc(C(=O)NC(=Cc2cn(C)c3ccccc23)C(=O)N2CCCC2)cc1. The van der Waals surface area contributed by atoms with E-state index in [1.54, 1.807) is 18.2 Å². The van der Waals surface area contributed by atoms with Crippen molar-refractivity contribution in [2.24, 2.45) is 7.05 Å². The highest BCUT2D eigenvalue weighted by atomic mass is 16.2. The van der Waals surface area contributed by atoms with Crippen LogP contribution < -0.4 is 5.32 Å². The summed E-state index contributed by atoms with van der Waals surface area (Å²) < 4.78 is 2.03. The summed E-state index contributed by atoms with van der Waals surface area (Å²) in [6.07, 6.45) is 5.79. The molecule has 0 spiro atoms. The maximum absolute atomic E-state index is 13.1. The Bertz CT molecular complexity index is 1090. The first-order valence-corrected chi connectivity index (χ1v) is 9.96. The van der Waals surface area contributed by atoms with Crippen molar-refractivity contribution in [2.45, 2.75) is 19.8 Å². The first kappa shape index (κ1) is 19.0. The van der Waals surface area contributed by atoms with Crippen LogP contribution in [0.5, 0.6) is 0 Å². The van der Waals surface area contributed by atoms with Crippen molar-refractivity contribution in [2.75, 3.05) is 13.1 Å². The Morgan fingerprint density at radius 2 is 1.69 bits per heavy atom. The number of carbonyl (C=O) groups excluding carboxylic acids is 2. The lowest BCUT2D eigenvalue weighted by atomic mass is 10.1. The minimum absolute atomic E-state index is 0.129. The molecule has 1 fully saturated rings. The molecule has 1 aliphatic rings. The number of hydrogen-bond acceptors (Lipinski definition) is 2. The summed E-state index contributed by atoms with van der Waals surface area (Å²) >= 11 is 0. The lowest BCUT2D eigenvalue weighted by Crippen LogP contribution is -2.36. The van der Waals surface area contributed by atoms with Gasteiger partial charge in [0.15, 0.2) is 0 Å². The monoisotopic (exact) mass is 387 g/mol. The largest absolute Gasteiger partial charge is 0.350 e. The molecule has 1 N–H and O–H groups in total. The van der Waals surface area contributed by atoms with E-state index < -0.39 is 0 Å². The maximum atomic E-state index is 13.1. The molecule has 3 aromatic rings. The quantitative estimate of drug-likeness (QED) is 0.691. The summed E-state index contributed by atoms with van der Waals surface area (Å²) in [4.78, 5) is 27.8. The number of aryl methyl sites for hydroxylation is 2. The lowest BCUT2D eigenvalue weighted by molar-refractivity contribution is -0.126. The van der Waals surface area contributed by atoms with E-state index in [4.69, 9.17) is 0 Å². The number of rotatable bonds is 4. The van der Waals surface area contributed by atoms with Crippen LogP contribution in [0, 0.1) is 6.92 Å². The number of carbonyl (C=O) groups is 2. The summed E-state index contributed by atoms with van der Waals surface area (Å²) in [5.41, 5.74) is 3.93. The Kier molecular flexibility index (Phi) is 5.21. The van der Waals surface area contributed by atoms with Crippen LogP contribution in [0.2, 0.25) is 0 Å². The topological polar surface area (TPSA) is 54.3 Å². The predicted octanol–water partition coefficient (Wildman–Crippen LogP) is 3.88. The van der Waals surface area contributed by atoms with Crippen molar-refractivity contribution in [3.63, 3.8) is 0 Å². The zero-order chi connectivity index (χ0) is 20.4. The van der Waals surface area contributed by atoms with Gasteiger partial charge in [0.1, 0.15) is 5.70 Å². The van der Waals surface area contributed by atoms with Gasteiger partial charge in [-0.15, -0.1) is 0 Å². The molecule has 5 heteroatoms. The summed E-state index contributed by atoms with van der Waals surface area (Å²) in [7, 11) is 1.98. The number of likely N-dealkylation sites (tertiary alicyclic amines) is 1. The number of nitrogens with zero attached hydrogens (tertiary/aromatic N) is 2. The zero-order valence-corrected chi connectivity index (χ0v) is 16.8. The number of hydrogen-bond donors (Lipinski definition) is 1. The summed E-state index contributed by atoms with van der Waals surface area (Å²) in [6, 6.07) is 15.4. The smallest absolute Gasteiger partial charge is 0.270 e. The first-order chi connectivity index (χ1) is 14.0. The predicted molar refractivity (Wildman–Crippen MR) is 115 cm³/mol. The molecular formula is C24H25N3O2. The van der Waals surface area contributed by atoms with Crippen molar-refractivity contribution < 1.29 is 9.59 Å². The van der Waals surface area contributed by atoms with Gasteiger partial charge in [0, 0.05) is 48.4 Å². The summed E-state index contributed by atoms with van der Waals surface area (Å²) in [5.74, 6) is -0.403. The number of fused-ring (bicyclic) bond motifs is 1. The van der Waals surface area contributed by atoms with Gasteiger partial charge >= 0.3 is 0 Å². The third kappa shape index (κ3) is 3.94. The highest BCUT2D eigenvalue weighted by Crippen LogP contribution is 2.23. The van der Waals surface area contributed by atoms with Gasteiger partial charge in [0.25, 0.3) is 11.8 Å². The molecule has 1 aromatic heterocycles. The number of aromatic nitrogens is 1. The lowest BCUT2D eigenvalue weighted by Gasteiger charge is -2.18. The van der Waals surface area contributed by atoms with Crippen LogP contribution in [0.3, 0.4) is 0 Å². The van der Waals surface area contributed by atoms with E-state index in [9.17, 15) is 9.59 Å². The number of benzene rings is 2. The van der Waals surface area contributed by atoms with Crippen LogP contribution in [0.25, 0.3) is 17.0 Å². The Labute approximate surface area is 170 Å². The van der Waals surface area contributed by atoms with Gasteiger partial charge in [-0.25, -0.2) is 0 Å². The van der Waals surface area contributed by atoms with E-state index in [1.165, 1.54) is 0 Å². The summed E-state index contributed by atoms with van der Waals surface area (Å²) in [5, 5.41) is 3.92. The van der Waals surface area contributed by atoms with Crippen LogP contribution in [-0.4, -0.2) is 34.4 Å². The molecule has 1 saturated heterocycles. The fraction of sp³-hybridized carbons (Fsp3) is 0.250. The average molecular weight is 387 g/mol. The fourth-order valence-electron chi connectivity index (χ4n) is 3.78. The van der Waals surface area contributed by atoms with Crippen molar-refractivity contribution in [3.8, 4) is 0 Å². The first-order valence-electron chi connectivity index (χ1n) is 9.96. The van der Waals surface area contributed by atoms with Gasteiger partial charge in [-0.2, -0.15) is 0 Å². The van der Waals surface area contributed by atoms with E-state index in [2.05, 4.69) is 5.32 Å². The van der Waals surface area contributed by atoms with E-state index in [1.807, 2.05) is 66.0 Å². The molecule has 148 valence electrons. The molecule has 0 bridgehead atoms. The third-order valence-corrected chi connectivity index (χ3v) is 5.41. The van der Waals surface area contributed by atoms with Gasteiger partial charge in [0.05, 0.1) is 0 Å². The molecule has 0 atom stereocenters. The van der Waals surface area contributed by atoms with Gasteiger partial charge < -0.3 is 14.8 Å². The minimum Gasteiger partial charge on any atom is -0.350 e. The molecule has 2 aromatic carbocycles. The van der Waals surface area contributed by atoms with Gasteiger partial charge in [-0.1, -0.05) is 35.9 Å². The van der Waals surface area contributed by atoms with Crippen LogP contribution in [0.1, 0.15) is 34.3 Å². The van der Waals surface area contributed by atoms with Crippen molar-refractivity contribution in [1.82, 2.24) is 14.8 Å². The van der Waals surface area contributed by atoms with Crippen molar-refractivity contribution in [1.29, 1.82) is 0 Å². The number of nitrogens with one attached hydrogen (secondary N) is 1. The van der Waals surface area contributed by atoms with E-state index >= 15 is 0 Å². The van der Waals surface area contributed by atoms with E-state index in [0.717, 1.165) is 48.0 Å². The van der Waals surface area contributed by atoms with Gasteiger partial charge in [-0.3, -0.25) is 9.59 Å². The fourth-order valence-corrected chi connectivity index (χ4v) is 3.78. The minimum atomic E-state index is -0.274. The Morgan fingerprint density at radius 3 is 2.41 bits per heavy atom. The zero-order valence-electron chi connectivity index (χ0n) is 16.8. The highest BCUT2D eigenvalue weighted by Gasteiger charge is 2.23. The van der Waals surface area contributed by atoms with Gasteiger partial charge in [-0.05, 0) is 44.0 Å². The van der Waals surface area contributed by atoms with Crippen molar-refractivity contribution in [3.05, 3.63) is 77.1 Å². The molecule has 0 radical (unpaired) electrons. The average Bonchev–Trinajstić information content (AvgIpc) is 3.37. The van der Waals surface area contributed by atoms with Crippen LogP contribution in [0.4, 0.5) is 0 Å². The maximum Gasteiger partial charge on any atom is 0.270 e. The molecule has 29 heavy (non-hydrogen) atoms. The highest BCUT2D eigenvalue weighted by molar-refractivity contribution is 6.06. The third-order valence-electron chi connectivity index (χ3n) is 5.41. The second-order valence-electron chi connectivity index (χ2n) is 7.59. The molecule has 2 heterocycles. The number of para-hydroxylation sites is 1. The molecule has 0 aliphatic carbocycles. The Morgan fingerprint density at radius 1 is 1.00 bits per heavy atom. The summed E-state index contributed by atoms with van der Waals surface area (Å²) in [6.45, 7) is 3.43. The molecule has 2 amide bonds. The standard InChI is InChI=1S/C24H25N3O2/c1-17-9-11-18(12-10-17)23(28)25-21(24(29)27-13-5-6-14-27)15-19-16-26(2)22-8-4-3-7-20(19)22/h3-4,7-12,15-16H,5-6,13-14H2,1-2H3,(H,25,28). The van der Waals surface area contributed by atoms with Crippen LogP contribution in [0.15, 0.2) is 60.4 Å². The molecule has 1 aliphatic heterocycles. The molecule has 0 saturated carbocycles. The molecule has 5 nitrogen and oxygen atoms in total. The van der Waals surface area contributed by atoms with Gasteiger partial charge in [0.2, 0.25) is 0 Å². The molecule has 0 unspecified atom stereocenters. The Balaban J connectivity index is 1.71. The molecule has 4 rings (SSSR count). The van der Waals surface area contributed by atoms with Crippen LogP contribution in [-0.2, 0) is 11.8 Å².